The van der Waals surface area contributed by atoms with Crippen LogP contribution in [-0.4, -0.2) is 11.6 Å². The normalized spacial score (nSPS) is 22.4. The van der Waals surface area contributed by atoms with E-state index < -0.39 is 0 Å². The minimum absolute atomic E-state index is 0. The summed E-state index contributed by atoms with van der Waals surface area (Å²) in [6.45, 7) is 20.9. The molecule has 3 heteroatoms. The second-order valence-corrected chi connectivity index (χ2v) is 12.9. The predicted molar refractivity (Wildman–Crippen MR) is 189 cm³/mol. The zero-order valence-corrected chi connectivity index (χ0v) is 28.7. The molecular formula is C40H51ClO2. The molecule has 0 atom stereocenters. The quantitative estimate of drug-likeness (QED) is 0.247. The van der Waals surface area contributed by atoms with E-state index in [1.54, 1.807) is 12.2 Å². The molecule has 0 spiro atoms. The SMILES string of the molecule is CC1=CC(=O)CC(C)(C)\C1=C/C=C(C)/C=C/C=C(C)/C=C/C=C/C(C)=C/C=C/C(C)=C/C=C1/C(C)=CC(=O)CC1(C)C.Cl. The first kappa shape index (κ1) is 37.5. The van der Waals surface area contributed by atoms with E-state index in [0.29, 0.717) is 12.8 Å². The second-order valence-electron chi connectivity index (χ2n) is 12.9. The molecule has 0 unspecified atom stereocenters. The maximum absolute atomic E-state index is 11.9. The zero-order chi connectivity index (χ0) is 31.5. The van der Waals surface area contributed by atoms with Gasteiger partial charge in [-0.2, -0.15) is 0 Å². The van der Waals surface area contributed by atoms with Gasteiger partial charge >= 0.3 is 0 Å². The lowest BCUT2D eigenvalue weighted by Crippen LogP contribution is -2.24. The number of carbonyl (C=O) groups excluding carboxylic acids is 2. The van der Waals surface area contributed by atoms with E-state index in [-0.39, 0.29) is 34.8 Å². The lowest BCUT2D eigenvalue weighted by atomic mass is 9.72. The van der Waals surface area contributed by atoms with Gasteiger partial charge in [0.2, 0.25) is 0 Å². The Morgan fingerprint density at radius 3 is 1.19 bits per heavy atom. The third-order valence-corrected chi connectivity index (χ3v) is 7.59. The van der Waals surface area contributed by atoms with Crippen molar-refractivity contribution in [3.8, 4) is 0 Å². The molecule has 0 radical (unpaired) electrons. The molecule has 0 aliphatic heterocycles. The van der Waals surface area contributed by atoms with Gasteiger partial charge in [-0.25, -0.2) is 0 Å². The Bertz CT molecular complexity index is 1320. The maximum atomic E-state index is 11.9. The standard InChI is InChI=1S/C40H50O2.ClH/c1-29(17-13-19-31(3)21-23-37-33(5)25-35(41)27-39(37,7)8)15-11-12-16-30(2)18-14-20-32(4)22-24-38-34(6)26-36(42)28-40(38,9)10;/h11-26H,27-28H2,1-10H3;1H/b15-11+,16-12+,19-13+,20-14+,29-17+,30-18+,31-21+,32-22+,37-23-,38-24-;. The average molecular weight is 599 g/mol. The summed E-state index contributed by atoms with van der Waals surface area (Å²) < 4.78 is 0. The Morgan fingerprint density at radius 2 is 0.860 bits per heavy atom. The molecule has 0 amide bonds. The van der Waals surface area contributed by atoms with Crippen LogP contribution in [0.4, 0.5) is 0 Å². The Kier molecular flexibility index (Phi) is 14.8. The van der Waals surface area contributed by atoms with Crippen LogP contribution in [0.25, 0.3) is 0 Å². The summed E-state index contributed by atoms with van der Waals surface area (Å²) in [6, 6.07) is 0. The van der Waals surface area contributed by atoms with Crippen LogP contribution in [0.3, 0.4) is 0 Å². The summed E-state index contributed by atoms with van der Waals surface area (Å²) in [5, 5.41) is 0. The van der Waals surface area contributed by atoms with Gasteiger partial charge in [0, 0.05) is 12.8 Å². The molecule has 0 aromatic heterocycles. The summed E-state index contributed by atoms with van der Waals surface area (Å²) in [4.78, 5) is 23.8. The second kappa shape index (κ2) is 17.0. The van der Waals surface area contributed by atoms with Gasteiger partial charge in [-0.15, -0.1) is 12.4 Å². The fourth-order valence-corrected chi connectivity index (χ4v) is 5.35. The topological polar surface area (TPSA) is 34.1 Å². The highest BCUT2D eigenvalue weighted by molar-refractivity contribution is 5.94. The summed E-state index contributed by atoms with van der Waals surface area (Å²) in [7, 11) is 0. The van der Waals surface area contributed by atoms with Crippen molar-refractivity contribution in [3.63, 3.8) is 0 Å². The van der Waals surface area contributed by atoms with Gasteiger partial charge in [0.05, 0.1) is 0 Å². The number of halogens is 1. The van der Waals surface area contributed by atoms with Crippen molar-refractivity contribution < 1.29 is 9.59 Å². The third kappa shape index (κ3) is 12.7. The Balaban J connectivity index is 0.00000924. The largest absolute Gasteiger partial charge is 0.295 e. The molecule has 0 aromatic carbocycles. The molecule has 43 heavy (non-hydrogen) atoms. The first-order chi connectivity index (χ1) is 19.6. The predicted octanol–water partition coefficient (Wildman–Crippen LogP) is 11.2. The van der Waals surface area contributed by atoms with Gasteiger partial charge in [0.15, 0.2) is 11.6 Å². The Labute approximate surface area is 267 Å². The van der Waals surface area contributed by atoms with Crippen molar-refractivity contribution in [2.45, 2.75) is 82.1 Å². The van der Waals surface area contributed by atoms with Crippen LogP contribution in [0.2, 0.25) is 0 Å². The highest BCUT2D eigenvalue weighted by atomic mass is 35.5. The molecule has 2 aliphatic rings. The van der Waals surface area contributed by atoms with Crippen molar-refractivity contribution in [1.82, 2.24) is 0 Å². The summed E-state index contributed by atoms with van der Waals surface area (Å²) in [6.07, 6.45) is 34.0. The summed E-state index contributed by atoms with van der Waals surface area (Å²) >= 11 is 0. The van der Waals surface area contributed by atoms with Crippen LogP contribution in [0.5, 0.6) is 0 Å². The number of hydrogen-bond donors (Lipinski definition) is 0. The molecule has 0 saturated heterocycles. The highest BCUT2D eigenvalue weighted by Gasteiger charge is 2.31. The number of hydrogen-bond acceptors (Lipinski definition) is 2. The first-order valence-electron chi connectivity index (χ1n) is 14.9. The molecule has 2 nitrogen and oxygen atoms in total. The van der Waals surface area contributed by atoms with Crippen molar-refractivity contribution >= 4 is 24.0 Å². The van der Waals surface area contributed by atoms with Gasteiger partial charge in [0.25, 0.3) is 0 Å². The minimum Gasteiger partial charge on any atom is -0.295 e. The van der Waals surface area contributed by atoms with Crippen LogP contribution < -0.4 is 0 Å². The average Bonchev–Trinajstić information content (AvgIpc) is 2.84. The number of rotatable bonds is 9. The first-order valence-corrected chi connectivity index (χ1v) is 14.9. The number of allylic oxidation sites excluding steroid dienone is 24. The van der Waals surface area contributed by atoms with Crippen LogP contribution in [-0.2, 0) is 9.59 Å². The smallest absolute Gasteiger partial charge is 0.156 e. The van der Waals surface area contributed by atoms with E-state index in [9.17, 15) is 9.59 Å². The van der Waals surface area contributed by atoms with Gasteiger partial charge in [0.1, 0.15) is 0 Å². The molecular weight excluding hydrogens is 548 g/mol. The fourth-order valence-electron chi connectivity index (χ4n) is 5.35. The zero-order valence-electron chi connectivity index (χ0n) is 27.9. The molecule has 2 rings (SSSR count). The molecule has 0 heterocycles. The van der Waals surface area contributed by atoms with Crippen LogP contribution in [0, 0.1) is 10.8 Å². The van der Waals surface area contributed by atoms with E-state index in [1.165, 1.54) is 22.3 Å². The summed E-state index contributed by atoms with van der Waals surface area (Å²) in [5.41, 5.74) is 8.98. The Morgan fingerprint density at radius 1 is 0.558 bits per heavy atom. The summed E-state index contributed by atoms with van der Waals surface area (Å²) in [5.74, 6) is 0.421. The molecule has 0 aromatic rings. The van der Waals surface area contributed by atoms with Crippen LogP contribution in [0.15, 0.2) is 142 Å². The van der Waals surface area contributed by atoms with Crippen molar-refractivity contribution in [2.75, 3.05) is 0 Å². The van der Waals surface area contributed by atoms with Gasteiger partial charge in [-0.3, -0.25) is 9.59 Å². The molecule has 0 N–H and O–H groups in total. The fraction of sp³-hybridized carbons (Fsp3) is 0.350. The van der Waals surface area contributed by atoms with E-state index in [2.05, 4.69) is 140 Å². The lowest BCUT2D eigenvalue weighted by molar-refractivity contribution is -0.117. The molecule has 0 saturated carbocycles. The number of ketones is 2. The minimum atomic E-state index is -0.128. The number of carbonyl (C=O) groups is 2. The van der Waals surface area contributed by atoms with Crippen LogP contribution >= 0.6 is 12.4 Å². The van der Waals surface area contributed by atoms with E-state index in [1.807, 2.05) is 13.8 Å². The molecule has 2 aliphatic carbocycles. The lowest BCUT2D eigenvalue weighted by Gasteiger charge is -2.31. The van der Waals surface area contributed by atoms with Gasteiger partial charge in [-0.05, 0) is 86.8 Å². The maximum Gasteiger partial charge on any atom is 0.156 e. The van der Waals surface area contributed by atoms with Crippen molar-refractivity contribution in [1.29, 1.82) is 0 Å². The van der Waals surface area contributed by atoms with E-state index >= 15 is 0 Å². The van der Waals surface area contributed by atoms with Crippen molar-refractivity contribution in [3.05, 3.63) is 142 Å². The Hall–Kier alpha value is -3.49. The molecule has 0 fully saturated rings. The third-order valence-electron chi connectivity index (χ3n) is 7.59. The molecule has 230 valence electrons. The van der Waals surface area contributed by atoms with Gasteiger partial charge in [-0.1, -0.05) is 135 Å². The molecule has 0 bridgehead atoms. The monoisotopic (exact) mass is 598 g/mol. The van der Waals surface area contributed by atoms with Gasteiger partial charge < -0.3 is 0 Å². The van der Waals surface area contributed by atoms with Crippen LogP contribution in [0.1, 0.15) is 82.1 Å². The highest BCUT2D eigenvalue weighted by Crippen LogP contribution is 2.40. The van der Waals surface area contributed by atoms with E-state index in [4.69, 9.17) is 0 Å². The van der Waals surface area contributed by atoms with Crippen molar-refractivity contribution in [2.24, 2.45) is 10.8 Å². The van der Waals surface area contributed by atoms with E-state index in [0.717, 1.165) is 22.3 Å².